The molecule has 0 saturated carbocycles. The highest BCUT2D eigenvalue weighted by atomic mass is 79.9. The Morgan fingerprint density at radius 1 is 1.50 bits per heavy atom. The molecule has 1 N–H and O–H groups in total. The summed E-state index contributed by atoms with van der Waals surface area (Å²) < 4.78 is 25.3. The molecule has 1 unspecified atom stereocenters. The number of aromatic nitrogens is 1. The molecule has 1 rings (SSSR count). The van der Waals surface area contributed by atoms with Gasteiger partial charge in [0, 0.05) is 10.7 Å². The van der Waals surface area contributed by atoms with Crippen molar-refractivity contribution in [3.05, 3.63) is 22.3 Å². The molecule has 0 radical (unpaired) electrons. The number of hydrogen-bond acceptors (Lipinski definition) is 2. The number of rotatable bonds is 3. The van der Waals surface area contributed by atoms with Crippen LogP contribution in [0.4, 0.5) is 14.6 Å². The highest BCUT2D eigenvalue weighted by Crippen LogP contribution is 2.18. The third kappa shape index (κ3) is 2.90. The molecule has 2 nitrogen and oxygen atoms in total. The van der Waals surface area contributed by atoms with E-state index in [1.807, 2.05) is 6.92 Å². The predicted octanol–water partition coefficient (Wildman–Crippen LogP) is 3.22. The van der Waals surface area contributed by atoms with Gasteiger partial charge in [-0.2, -0.15) is 0 Å². The average molecular weight is 265 g/mol. The molecule has 0 aliphatic rings. The lowest BCUT2D eigenvalue weighted by Gasteiger charge is -2.13. The highest BCUT2D eigenvalue weighted by molar-refractivity contribution is 9.10. The van der Waals surface area contributed by atoms with Crippen molar-refractivity contribution >= 4 is 21.7 Å². The van der Waals surface area contributed by atoms with Crippen LogP contribution in [0.5, 0.6) is 0 Å². The molecule has 0 aromatic carbocycles. The smallest absolute Gasteiger partial charge is 0.258 e. The second kappa shape index (κ2) is 4.68. The van der Waals surface area contributed by atoms with Gasteiger partial charge in [-0.05, 0) is 41.4 Å². The van der Waals surface area contributed by atoms with Gasteiger partial charge in [0.25, 0.3) is 6.43 Å². The monoisotopic (exact) mass is 264 g/mol. The summed E-state index contributed by atoms with van der Waals surface area (Å²) in [6.07, 6.45) is -0.795. The summed E-state index contributed by atoms with van der Waals surface area (Å²) in [4.78, 5) is 3.97. The lowest BCUT2D eigenvalue weighted by molar-refractivity contribution is 0.130. The predicted molar refractivity (Wildman–Crippen MR) is 55.8 cm³/mol. The Hall–Kier alpha value is -0.710. The van der Waals surface area contributed by atoms with Crippen molar-refractivity contribution in [2.45, 2.75) is 26.3 Å². The number of anilines is 1. The molecular weight excluding hydrogens is 254 g/mol. The minimum Gasteiger partial charge on any atom is -0.362 e. The molecular formula is C9H11BrF2N2. The Balaban J connectivity index is 2.73. The summed E-state index contributed by atoms with van der Waals surface area (Å²) >= 11 is 3.29. The van der Waals surface area contributed by atoms with E-state index >= 15 is 0 Å². The number of alkyl halides is 2. The molecule has 0 aliphatic carbocycles. The molecule has 14 heavy (non-hydrogen) atoms. The molecule has 1 aromatic rings. The van der Waals surface area contributed by atoms with Gasteiger partial charge in [0.15, 0.2) is 0 Å². The number of halogens is 3. The van der Waals surface area contributed by atoms with E-state index in [9.17, 15) is 8.78 Å². The van der Waals surface area contributed by atoms with Crippen LogP contribution in [0.25, 0.3) is 0 Å². The third-order valence-corrected chi connectivity index (χ3v) is 2.63. The van der Waals surface area contributed by atoms with E-state index in [0.717, 1.165) is 10.0 Å². The van der Waals surface area contributed by atoms with Crippen molar-refractivity contribution in [2.75, 3.05) is 5.32 Å². The van der Waals surface area contributed by atoms with Gasteiger partial charge in [-0.15, -0.1) is 0 Å². The first-order valence-electron chi connectivity index (χ1n) is 4.17. The van der Waals surface area contributed by atoms with Crippen molar-refractivity contribution in [2.24, 2.45) is 0 Å². The quantitative estimate of drug-likeness (QED) is 0.907. The fourth-order valence-corrected chi connectivity index (χ4v) is 1.13. The molecule has 0 amide bonds. The van der Waals surface area contributed by atoms with E-state index in [2.05, 4.69) is 26.2 Å². The molecule has 1 heterocycles. The molecule has 5 heteroatoms. The van der Waals surface area contributed by atoms with Crippen LogP contribution in [0.1, 0.15) is 12.5 Å². The van der Waals surface area contributed by atoms with E-state index in [1.165, 1.54) is 6.92 Å². The van der Waals surface area contributed by atoms with Crippen molar-refractivity contribution < 1.29 is 8.78 Å². The zero-order valence-electron chi connectivity index (χ0n) is 7.89. The molecule has 0 spiro atoms. The van der Waals surface area contributed by atoms with Crippen LogP contribution < -0.4 is 5.32 Å². The first-order chi connectivity index (χ1) is 6.50. The lowest BCUT2D eigenvalue weighted by atomic mass is 10.3. The van der Waals surface area contributed by atoms with E-state index in [-0.39, 0.29) is 0 Å². The largest absolute Gasteiger partial charge is 0.362 e. The molecule has 1 atom stereocenters. The van der Waals surface area contributed by atoms with Gasteiger partial charge in [-0.3, -0.25) is 0 Å². The topological polar surface area (TPSA) is 24.9 Å². The zero-order chi connectivity index (χ0) is 10.7. The van der Waals surface area contributed by atoms with Gasteiger partial charge in [0.1, 0.15) is 5.82 Å². The van der Waals surface area contributed by atoms with Gasteiger partial charge in [-0.1, -0.05) is 0 Å². The van der Waals surface area contributed by atoms with Crippen LogP contribution in [0, 0.1) is 6.92 Å². The number of hydrogen-bond donors (Lipinski definition) is 1. The van der Waals surface area contributed by atoms with Crippen LogP contribution >= 0.6 is 15.9 Å². The summed E-state index contributed by atoms with van der Waals surface area (Å²) in [5, 5.41) is 2.63. The van der Waals surface area contributed by atoms with Crippen LogP contribution in [0.2, 0.25) is 0 Å². The van der Waals surface area contributed by atoms with Gasteiger partial charge in [0.05, 0.1) is 6.04 Å². The minimum absolute atomic E-state index is 0.471. The van der Waals surface area contributed by atoms with Crippen LogP contribution in [-0.2, 0) is 0 Å². The van der Waals surface area contributed by atoms with Crippen molar-refractivity contribution in [1.29, 1.82) is 0 Å². The molecule has 0 bridgehead atoms. The van der Waals surface area contributed by atoms with Crippen molar-refractivity contribution in [1.82, 2.24) is 4.98 Å². The maximum absolute atomic E-state index is 12.2. The van der Waals surface area contributed by atoms with E-state index in [0.29, 0.717) is 5.82 Å². The molecule has 78 valence electrons. The maximum Gasteiger partial charge on any atom is 0.258 e. The summed E-state index contributed by atoms with van der Waals surface area (Å²) in [7, 11) is 0. The molecule has 1 aromatic heterocycles. The number of nitrogens with zero attached hydrogens (tertiary/aromatic N) is 1. The summed E-state index contributed by atoms with van der Waals surface area (Å²) in [5.41, 5.74) is 0.962. The SMILES string of the molecule is Cc1cc(NC(C)C(F)F)ncc1Br. The summed E-state index contributed by atoms with van der Waals surface area (Å²) in [5.74, 6) is 0.471. The van der Waals surface area contributed by atoms with E-state index in [1.54, 1.807) is 12.3 Å². The van der Waals surface area contributed by atoms with Gasteiger partial charge >= 0.3 is 0 Å². The van der Waals surface area contributed by atoms with Gasteiger partial charge in [0.2, 0.25) is 0 Å². The summed E-state index contributed by atoms with van der Waals surface area (Å²) in [6, 6.07) is 0.839. The van der Waals surface area contributed by atoms with Crippen LogP contribution in [0.3, 0.4) is 0 Å². The molecule has 0 saturated heterocycles. The Kier molecular flexibility index (Phi) is 3.80. The normalized spacial score (nSPS) is 13.0. The minimum atomic E-state index is -2.39. The zero-order valence-corrected chi connectivity index (χ0v) is 9.48. The summed E-state index contributed by atoms with van der Waals surface area (Å²) in [6.45, 7) is 3.30. The second-order valence-corrected chi connectivity index (χ2v) is 3.94. The Morgan fingerprint density at radius 3 is 2.64 bits per heavy atom. The maximum atomic E-state index is 12.2. The highest BCUT2D eigenvalue weighted by Gasteiger charge is 2.14. The first-order valence-corrected chi connectivity index (χ1v) is 4.97. The Bertz CT molecular complexity index is 318. The first kappa shape index (κ1) is 11.4. The molecule has 0 fully saturated rings. The van der Waals surface area contributed by atoms with Gasteiger partial charge in [-0.25, -0.2) is 13.8 Å². The number of aryl methyl sites for hydroxylation is 1. The standard InChI is InChI=1S/C9H11BrF2N2/c1-5-3-8(13-4-7(5)10)14-6(2)9(11)12/h3-4,6,9H,1-2H3,(H,13,14). The van der Waals surface area contributed by atoms with Crippen molar-refractivity contribution in [3.8, 4) is 0 Å². The third-order valence-electron chi connectivity index (χ3n) is 1.80. The second-order valence-electron chi connectivity index (χ2n) is 3.09. The van der Waals surface area contributed by atoms with E-state index < -0.39 is 12.5 Å². The van der Waals surface area contributed by atoms with E-state index in [4.69, 9.17) is 0 Å². The number of nitrogens with one attached hydrogen (secondary N) is 1. The number of pyridine rings is 1. The fourth-order valence-electron chi connectivity index (χ4n) is 0.915. The Labute approximate surface area is 89.9 Å². The van der Waals surface area contributed by atoms with Crippen molar-refractivity contribution in [3.63, 3.8) is 0 Å². The lowest BCUT2D eigenvalue weighted by Crippen LogP contribution is -2.24. The Morgan fingerprint density at radius 2 is 2.14 bits per heavy atom. The molecule has 0 aliphatic heterocycles. The van der Waals surface area contributed by atoms with Crippen LogP contribution in [0.15, 0.2) is 16.7 Å². The van der Waals surface area contributed by atoms with Crippen LogP contribution in [-0.4, -0.2) is 17.5 Å². The van der Waals surface area contributed by atoms with Gasteiger partial charge < -0.3 is 5.32 Å². The fraction of sp³-hybridized carbons (Fsp3) is 0.444. The average Bonchev–Trinajstić information content (AvgIpc) is 2.11.